The van der Waals surface area contributed by atoms with E-state index in [1.165, 1.54) is 11.3 Å². The molecule has 8 nitrogen and oxygen atoms in total. The minimum Gasteiger partial charge on any atom is -0.393 e. The Labute approximate surface area is 160 Å². The summed E-state index contributed by atoms with van der Waals surface area (Å²) in [5, 5.41) is 30.5. The van der Waals surface area contributed by atoms with E-state index in [2.05, 4.69) is 25.8 Å². The largest absolute Gasteiger partial charge is 0.393 e. The summed E-state index contributed by atoms with van der Waals surface area (Å²) in [4.78, 5) is 12.3. The van der Waals surface area contributed by atoms with Crippen LogP contribution in [0.5, 0.6) is 0 Å². The maximum Gasteiger partial charge on any atom is 0.273 e. The zero-order valence-corrected chi connectivity index (χ0v) is 15.5. The Morgan fingerprint density at radius 3 is 2.89 bits per heavy atom. The van der Waals surface area contributed by atoms with Crippen molar-refractivity contribution in [3.63, 3.8) is 0 Å². The normalized spacial score (nSPS) is 19.7. The molecule has 1 amide bonds. The summed E-state index contributed by atoms with van der Waals surface area (Å²) in [7, 11) is 0. The molecule has 3 aromatic rings. The van der Waals surface area contributed by atoms with E-state index >= 15 is 0 Å². The lowest BCUT2D eigenvalue weighted by atomic mass is 9.93. The van der Waals surface area contributed by atoms with Crippen LogP contribution in [-0.2, 0) is 6.54 Å². The highest BCUT2D eigenvalue weighted by Gasteiger charge is 2.23. The van der Waals surface area contributed by atoms with Gasteiger partial charge in [-0.15, -0.1) is 15.3 Å². The number of carbonyl (C=O) groups is 1. The van der Waals surface area contributed by atoms with Gasteiger partial charge in [-0.05, 0) is 25.7 Å². The number of carbonyl (C=O) groups excluding carboxylic acids is 1. The Morgan fingerprint density at radius 1 is 1.22 bits per heavy atom. The van der Waals surface area contributed by atoms with E-state index in [0.29, 0.717) is 13.0 Å². The zero-order chi connectivity index (χ0) is 18.6. The van der Waals surface area contributed by atoms with Gasteiger partial charge in [0.15, 0.2) is 5.69 Å². The Balaban J connectivity index is 1.35. The Kier molecular flexibility index (Phi) is 5.21. The number of nitrogens with zero attached hydrogens (tertiary/aromatic N) is 5. The van der Waals surface area contributed by atoms with Gasteiger partial charge in [0.2, 0.25) is 0 Å². The van der Waals surface area contributed by atoms with E-state index in [1.807, 2.05) is 30.3 Å². The van der Waals surface area contributed by atoms with Crippen molar-refractivity contribution in [3.8, 4) is 10.6 Å². The molecule has 2 heterocycles. The van der Waals surface area contributed by atoms with Crippen LogP contribution < -0.4 is 5.32 Å². The van der Waals surface area contributed by atoms with Gasteiger partial charge < -0.3 is 10.4 Å². The van der Waals surface area contributed by atoms with E-state index < -0.39 is 0 Å². The van der Waals surface area contributed by atoms with Crippen molar-refractivity contribution in [1.82, 2.24) is 30.5 Å². The van der Waals surface area contributed by atoms with Gasteiger partial charge in [-0.2, -0.15) is 0 Å². The lowest BCUT2D eigenvalue weighted by Crippen LogP contribution is -2.24. The molecular weight excluding hydrogens is 364 g/mol. The van der Waals surface area contributed by atoms with Crippen molar-refractivity contribution in [1.29, 1.82) is 0 Å². The van der Waals surface area contributed by atoms with Crippen LogP contribution in [0.4, 0.5) is 0 Å². The second kappa shape index (κ2) is 7.93. The number of hydrogen-bond acceptors (Lipinski definition) is 7. The van der Waals surface area contributed by atoms with Gasteiger partial charge in [0.1, 0.15) is 10.0 Å². The average molecular weight is 384 g/mol. The number of aliphatic hydroxyl groups is 1. The first-order chi connectivity index (χ1) is 13.2. The molecule has 2 atom stereocenters. The Hall–Kier alpha value is -2.65. The summed E-state index contributed by atoms with van der Waals surface area (Å²) in [5.41, 5.74) is 1.27. The molecule has 2 aromatic heterocycles. The molecule has 2 unspecified atom stereocenters. The molecule has 140 valence electrons. The summed E-state index contributed by atoms with van der Waals surface area (Å²) < 4.78 is 1.69. The molecule has 1 fully saturated rings. The third-order valence-electron chi connectivity index (χ3n) is 4.62. The van der Waals surface area contributed by atoms with Crippen LogP contribution in [0.1, 0.15) is 47.2 Å². The van der Waals surface area contributed by atoms with Crippen molar-refractivity contribution in [3.05, 3.63) is 47.2 Å². The third-order valence-corrected chi connectivity index (χ3v) is 5.60. The minimum absolute atomic E-state index is 0.0967. The fraction of sp³-hybridized carbons (Fsp3) is 0.389. The zero-order valence-electron chi connectivity index (χ0n) is 14.7. The molecule has 1 saturated carbocycles. The maximum absolute atomic E-state index is 12.3. The Bertz CT molecular complexity index is 909. The first-order valence-electron chi connectivity index (χ1n) is 8.95. The van der Waals surface area contributed by atoms with Gasteiger partial charge in [-0.25, -0.2) is 4.68 Å². The standard InChI is InChI=1S/C18H20N6O2S/c25-14-8-4-7-13(9-14)24-11-15(20-23-24)17(26)19-10-16-21-22-18(27-16)12-5-2-1-3-6-12/h1-3,5-6,11,13-14,25H,4,7-10H2,(H,19,26). The van der Waals surface area contributed by atoms with E-state index in [0.717, 1.165) is 34.8 Å². The molecule has 0 aliphatic heterocycles. The van der Waals surface area contributed by atoms with Gasteiger partial charge in [0.25, 0.3) is 5.91 Å². The first kappa shape index (κ1) is 17.7. The van der Waals surface area contributed by atoms with Crippen molar-refractivity contribution in [2.45, 2.75) is 44.4 Å². The molecule has 1 aromatic carbocycles. The highest BCUT2D eigenvalue weighted by atomic mass is 32.1. The predicted octanol–water partition coefficient (Wildman–Crippen LogP) is 2.20. The van der Waals surface area contributed by atoms with Crippen molar-refractivity contribution < 1.29 is 9.90 Å². The van der Waals surface area contributed by atoms with Gasteiger partial charge in [0.05, 0.1) is 24.9 Å². The van der Waals surface area contributed by atoms with Crippen molar-refractivity contribution in [2.24, 2.45) is 0 Å². The molecule has 4 rings (SSSR count). The fourth-order valence-corrected chi connectivity index (χ4v) is 3.99. The summed E-state index contributed by atoms with van der Waals surface area (Å²) in [6, 6.07) is 9.90. The van der Waals surface area contributed by atoms with Gasteiger partial charge in [0, 0.05) is 5.56 Å². The molecule has 2 N–H and O–H groups in total. The van der Waals surface area contributed by atoms with Crippen molar-refractivity contribution in [2.75, 3.05) is 0 Å². The molecule has 0 saturated heterocycles. The number of nitrogens with one attached hydrogen (secondary N) is 1. The molecular formula is C18H20N6O2S. The fourth-order valence-electron chi connectivity index (χ4n) is 3.21. The molecule has 0 radical (unpaired) electrons. The summed E-state index contributed by atoms with van der Waals surface area (Å²) in [6.45, 7) is 0.290. The van der Waals surface area contributed by atoms with Gasteiger partial charge in [-0.3, -0.25) is 4.79 Å². The third kappa shape index (κ3) is 4.20. The van der Waals surface area contributed by atoms with E-state index in [1.54, 1.807) is 10.9 Å². The Morgan fingerprint density at radius 2 is 2.07 bits per heavy atom. The molecule has 27 heavy (non-hydrogen) atoms. The lowest BCUT2D eigenvalue weighted by molar-refractivity contribution is 0.0945. The van der Waals surface area contributed by atoms with Gasteiger partial charge in [-0.1, -0.05) is 46.9 Å². The molecule has 0 spiro atoms. The second-order valence-corrected chi connectivity index (χ2v) is 7.67. The first-order valence-corrected chi connectivity index (χ1v) is 9.76. The van der Waals surface area contributed by atoms with Crippen LogP contribution in [0.15, 0.2) is 36.5 Å². The highest BCUT2D eigenvalue weighted by molar-refractivity contribution is 7.14. The SMILES string of the molecule is O=C(NCc1nnc(-c2ccccc2)s1)c1cn(C2CCCC(O)C2)nn1. The molecule has 9 heteroatoms. The number of aromatic nitrogens is 5. The number of amides is 1. The van der Waals surface area contributed by atoms with Crippen molar-refractivity contribution >= 4 is 17.2 Å². The summed E-state index contributed by atoms with van der Waals surface area (Å²) >= 11 is 1.45. The predicted molar refractivity (Wildman–Crippen MR) is 100 cm³/mol. The van der Waals surface area contributed by atoms with Crippen LogP contribution in [0.3, 0.4) is 0 Å². The van der Waals surface area contributed by atoms with E-state index in [4.69, 9.17) is 0 Å². The minimum atomic E-state index is -0.304. The second-order valence-electron chi connectivity index (χ2n) is 6.61. The molecule has 0 bridgehead atoms. The number of hydrogen-bond donors (Lipinski definition) is 2. The number of aliphatic hydroxyl groups excluding tert-OH is 1. The molecule has 1 aliphatic carbocycles. The maximum atomic E-state index is 12.3. The highest BCUT2D eigenvalue weighted by Crippen LogP contribution is 2.27. The monoisotopic (exact) mass is 384 g/mol. The smallest absolute Gasteiger partial charge is 0.273 e. The number of rotatable bonds is 5. The van der Waals surface area contributed by atoms with E-state index in [-0.39, 0.29) is 23.7 Å². The van der Waals surface area contributed by atoms with E-state index in [9.17, 15) is 9.90 Å². The summed E-state index contributed by atoms with van der Waals surface area (Å²) in [6.07, 6.45) is 4.71. The van der Waals surface area contributed by atoms with Gasteiger partial charge >= 0.3 is 0 Å². The average Bonchev–Trinajstić information content (AvgIpc) is 3.37. The van der Waals surface area contributed by atoms with Crippen LogP contribution in [-0.4, -0.2) is 42.3 Å². The van der Waals surface area contributed by atoms with Crippen LogP contribution in [0.2, 0.25) is 0 Å². The summed E-state index contributed by atoms with van der Waals surface area (Å²) in [5.74, 6) is -0.297. The van der Waals surface area contributed by atoms with Crippen LogP contribution >= 0.6 is 11.3 Å². The number of benzene rings is 1. The van der Waals surface area contributed by atoms with Crippen LogP contribution in [0, 0.1) is 0 Å². The quantitative estimate of drug-likeness (QED) is 0.699. The topological polar surface area (TPSA) is 106 Å². The van der Waals surface area contributed by atoms with Crippen LogP contribution in [0.25, 0.3) is 10.6 Å². The lowest BCUT2D eigenvalue weighted by Gasteiger charge is -2.25. The molecule has 1 aliphatic rings.